The first-order valence-electron chi connectivity index (χ1n) is 6.29. The van der Waals surface area contributed by atoms with Crippen molar-refractivity contribution >= 4 is 9.84 Å². The van der Waals surface area contributed by atoms with Gasteiger partial charge in [-0.1, -0.05) is 13.8 Å². The van der Waals surface area contributed by atoms with Gasteiger partial charge in [-0.15, -0.1) is 0 Å². The zero-order valence-corrected chi connectivity index (χ0v) is 12.4. The second-order valence-electron chi connectivity index (χ2n) is 4.45. The summed E-state index contributed by atoms with van der Waals surface area (Å²) in [5.41, 5.74) is 0. The molecule has 5 heteroatoms. The lowest BCUT2D eigenvalue weighted by atomic mass is 10.2. The summed E-state index contributed by atoms with van der Waals surface area (Å²) in [6.07, 6.45) is 0.000266. The van der Waals surface area contributed by atoms with Crippen LogP contribution in [0.3, 0.4) is 0 Å². The normalized spacial score (nSPS) is 14.5. The minimum Gasteiger partial charge on any atom is -0.353 e. The van der Waals surface area contributed by atoms with Gasteiger partial charge in [0.1, 0.15) is 0 Å². The fourth-order valence-corrected chi connectivity index (χ4v) is 3.17. The molecule has 104 valence electrons. The van der Waals surface area contributed by atoms with Gasteiger partial charge in [0.15, 0.2) is 16.1 Å². The Labute approximate surface area is 106 Å². The maximum absolute atomic E-state index is 12.0. The average Bonchev–Trinajstić information content (AvgIpc) is 2.25. The van der Waals surface area contributed by atoms with Crippen molar-refractivity contribution in [3.63, 3.8) is 0 Å². The summed E-state index contributed by atoms with van der Waals surface area (Å²) >= 11 is 0. The van der Waals surface area contributed by atoms with E-state index in [1.54, 1.807) is 6.92 Å². The third-order valence-electron chi connectivity index (χ3n) is 2.85. The molecule has 0 fully saturated rings. The number of hydrogen-bond donors (Lipinski definition) is 0. The van der Waals surface area contributed by atoms with E-state index in [9.17, 15) is 8.42 Å². The maximum Gasteiger partial charge on any atom is 0.158 e. The molecule has 0 saturated carbocycles. The second kappa shape index (κ2) is 8.06. The molecule has 0 saturated heterocycles. The third-order valence-corrected chi connectivity index (χ3v) is 5.33. The van der Waals surface area contributed by atoms with E-state index >= 15 is 0 Å². The molecule has 0 heterocycles. The van der Waals surface area contributed by atoms with Crippen molar-refractivity contribution in [2.24, 2.45) is 5.92 Å². The van der Waals surface area contributed by atoms with E-state index in [1.165, 1.54) is 0 Å². The first-order chi connectivity index (χ1) is 7.85. The minimum atomic E-state index is -3.05. The van der Waals surface area contributed by atoms with Crippen LogP contribution in [0.2, 0.25) is 0 Å². The van der Waals surface area contributed by atoms with E-state index in [0.29, 0.717) is 19.6 Å². The topological polar surface area (TPSA) is 52.6 Å². The van der Waals surface area contributed by atoms with Crippen molar-refractivity contribution in [3.05, 3.63) is 0 Å². The molecular formula is C12H26O4S. The van der Waals surface area contributed by atoms with Crippen LogP contribution in [-0.2, 0) is 19.3 Å². The summed E-state index contributed by atoms with van der Waals surface area (Å²) in [5.74, 6) is 0.259. The number of ether oxygens (including phenoxy) is 2. The fourth-order valence-electron chi connectivity index (χ4n) is 1.45. The SMILES string of the molecule is CCOC(CCS(=O)(=O)C(C)C(C)C)OCC. The van der Waals surface area contributed by atoms with Crippen LogP contribution in [-0.4, -0.2) is 38.9 Å². The molecule has 0 bridgehead atoms. The van der Waals surface area contributed by atoms with Crippen molar-refractivity contribution in [1.29, 1.82) is 0 Å². The van der Waals surface area contributed by atoms with Crippen LogP contribution in [0.5, 0.6) is 0 Å². The minimum absolute atomic E-state index is 0.122. The first-order valence-corrected chi connectivity index (χ1v) is 8.01. The maximum atomic E-state index is 12.0. The van der Waals surface area contributed by atoms with E-state index in [0.717, 1.165) is 0 Å². The first kappa shape index (κ1) is 16.9. The lowest BCUT2D eigenvalue weighted by molar-refractivity contribution is -0.136. The van der Waals surface area contributed by atoms with Gasteiger partial charge in [-0.2, -0.15) is 0 Å². The standard InChI is InChI=1S/C12H26O4S/c1-6-15-12(16-7-2)8-9-17(13,14)11(5)10(3)4/h10-12H,6-9H2,1-5H3. The van der Waals surface area contributed by atoms with Crippen LogP contribution >= 0.6 is 0 Å². The van der Waals surface area contributed by atoms with E-state index in [-0.39, 0.29) is 16.9 Å². The molecule has 0 aromatic rings. The van der Waals surface area contributed by atoms with E-state index in [1.807, 2.05) is 27.7 Å². The van der Waals surface area contributed by atoms with Gasteiger partial charge in [-0.3, -0.25) is 0 Å². The highest BCUT2D eigenvalue weighted by Crippen LogP contribution is 2.15. The molecule has 4 nitrogen and oxygen atoms in total. The number of hydrogen-bond acceptors (Lipinski definition) is 4. The van der Waals surface area contributed by atoms with Crippen molar-refractivity contribution in [1.82, 2.24) is 0 Å². The molecule has 0 aliphatic heterocycles. The molecule has 0 aliphatic carbocycles. The van der Waals surface area contributed by atoms with Gasteiger partial charge in [-0.05, 0) is 26.7 Å². The second-order valence-corrected chi connectivity index (χ2v) is 6.92. The van der Waals surface area contributed by atoms with Crippen molar-refractivity contribution in [2.75, 3.05) is 19.0 Å². The van der Waals surface area contributed by atoms with Crippen molar-refractivity contribution < 1.29 is 17.9 Å². The highest BCUT2D eigenvalue weighted by molar-refractivity contribution is 7.92. The van der Waals surface area contributed by atoms with Crippen molar-refractivity contribution in [3.8, 4) is 0 Å². The van der Waals surface area contributed by atoms with E-state index in [4.69, 9.17) is 9.47 Å². The summed E-state index contributed by atoms with van der Waals surface area (Å²) in [6, 6.07) is 0. The van der Waals surface area contributed by atoms with Crippen LogP contribution in [0.15, 0.2) is 0 Å². The predicted molar refractivity (Wildman–Crippen MR) is 69.7 cm³/mol. The summed E-state index contributed by atoms with van der Waals surface area (Å²) < 4.78 is 34.6. The van der Waals surface area contributed by atoms with Crippen LogP contribution < -0.4 is 0 Å². The summed E-state index contributed by atoms with van der Waals surface area (Å²) in [6.45, 7) is 10.4. The van der Waals surface area contributed by atoms with E-state index < -0.39 is 16.1 Å². The molecule has 0 rings (SSSR count). The lowest BCUT2D eigenvalue weighted by Gasteiger charge is -2.20. The smallest absolute Gasteiger partial charge is 0.158 e. The van der Waals surface area contributed by atoms with Crippen LogP contribution in [0, 0.1) is 5.92 Å². The molecule has 0 aliphatic rings. The van der Waals surface area contributed by atoms with Gasteiger partial charge in [0.25, 0.3) is 0 Å². The predicted octanol–water partition coefficient (Wildman–Crippen LogP) is 2.23. The molecule has 0 aromatic carbocycles. The van der Waals surface area contributed by atoms with Gasteiger partial charge >= 0.3 is 0 Å². The summed E-state index contributed by atoms with van der Waals surface area (Å²) in [5, 5.41) is -0.314. The Morgan fingerprint density at radius 1 is 1.00 bits per heavy atom. The largest absolute Gasteiger partial charge is 0.353 e. The van der Waals surface area contributed by atoms with Gasteiger partial charge < -0.3 is 9.47 Å². The summed E-state index contributed by atoms with van der Waals surface area (Å²) in [4.78, 5) is 0. The lowest BCUT2D eigenvalue weighted by Crippen LogP contribution is -2.29. The van der Waals surface area contributed by atoms with E-state index in [2.05, 4.69) is 0 Å². The zero-order chi connectivity index (χ0) is 13.5. The molecular weight excluding hydrogens is 240 g/mol. The molecule has 0 aromatic heterocycles. The monoisotopic (exact) mass is 266 g/mol. The average molecular weight is 266 g/mol. The quantitative estimate of drug-likeness (QED) is 0.601. The molecule has 17 heavy (non-hydrogen) atoms. The Balaban J connectivity index is 4.32. The van der Waals surface area contributed by atoms with Gasteiger partial charge in [0.2, 0.25) is 0 Å². The molecule has 1 atom stereocenters. The molecule has 0 amide bonds. The number of sulfone groups is 1. The fraction of sp³-hybridized carbons (Fsp3) is 1.00. The van der Waals surface area contributed by atoms with Gasteiger partial charge in [0.05, 0.1) is 11.0 Å². The zero-order valence-electron chi connectivity index (χ0n) is 11.6. The summed E-state index contributed by atoms with van der Waals surface area (Å²) in [7, 11) is -3.05. The van der Waals surface area contributed by atoms with Crippen LogP contribution in [0.4, 0.5) is 0 Å². The third kappa shape index (κ3) is 6.38. The van der Waals surface area contributed by atoms with Crippen molar-refractivity contribution in [2.45, 2.75) is 52.6 Å². The Morgan fingerprint density at radius 2 is 1.47 bits per heavy atom. The van der Waals surface area contributed by atoms with Gasteiger partial charge in [0, 0.05) is 19.6 Å². The Bertz CT molecular complexity index is 279. The number of rotatable bonds is 9. The molecule has 0 radical (unpaired) electrons. The Kier molecular flexibility index (Phi) is 8.00. The molecule has 1 unspecified atom stereocenters. The highest BCUT2D eigenvalue weighted by atomic mass is 32.2. The Morgan fingerprint density at radius 3 is 1.82 bits per heavy atom. The van der Waals surface area contributed by atoms with Crippen LogP contribution in [0.25, 0.3) is 0 Å². The molecule has 0 spiro atoms. The Hall–Kier alpha value is -0.130. The highest BCUT2D eigenvalue weighted by Gasteiger charge is 2.25. The van der Waals surface area contributed by atoms with Crippen LogP contribution in [0.1, 0.15) is 41.0 Å². The van der Waals surface area contributed by atoms with Gasteiger partial charge in [-0.25, -0.2) is 8.42 Å². The molecule has 0 N–H and O–H groups in total.